The minimum atomic E-state index is -0.0366. The van der Waals surface area contributed by atoms with E-state index in [0.29, 0.717) is 5.02 Å². The van der Waals surface area contributed by atoms with Crippen LogP contribution in [0.15, 0.2) is 24.5 Å². The van der Waals surface area contributed by atoms with Crippen LogP contribution < -0.4 is 4.90 Å². The van der Waals surface area contributed by atoms with Gasteiger partial charge in [-0.2, -0.15) is 0 Å². The van der Waals surface area contributed by atoms with Crippen LogP contribution >= 0.6 is 11.6 Å². The molecule has 0 aliphatic carbocycles. The molecule has 3 heterocycles. The maximum atomic E-state index is 6.21. The number of hydrogen-bond donors (Lipinski definition) is 0. The highest BCUT2D eigenvalue weighted by Crippen LogP contribution is 2.31. The van der Waals surface area contributed by atoms with Crippen LogP contribution in [0.2, 0.25) is 5.02 Å². The minimum absolute atomic E-state index is 0.0366. The predicted octanol–water partition coefficient (Wildman–Crippen LogP) is 3.34. The van der Waals surface area contributed by atoms with E-state index < -0.39 is 0 Å². The predicted molar refractivity (Wildman–Crippen MR) is 79.9 cm³/mol. The molecule has 1 aliphatic heterocycles. The molecular formula is C15H17ClN4. The summed E-state index contributed by atoms with van der Waals surface area (Å²) in [6.07, 6.45) is 3.69. The number of fused-ring (bicyclic) bond motifs is 1. The standard InChI is InChI=1S/C15H17ClN4/c1-15(2,3)14-18-7-10-8-20(9-12(10)19-14)13-11(16)5-4-6-17-13/h4-7H,8-9H2,1-3H3. The number of anilines is 1. The van der Waals surface area contributed by atoms with Crippen LogP contribution in [-0.4, -0.2) is 15.0 Å². The molecule has 0 N–H and O–H groups in total. The van der Waals surface area contributed by atoms with E-state index in [9.17, 15) is 0 Å². The van der Waals surface area contributed by atoms with Gasteiger partial charge in [0, 0.05) is 29.9 Å². The van der Waals surface area contributed by atoms with E-state index in [2.05, 4.69) is 35.6 Å². The van der Waals surface area contributed by atoms with Crippen LogP contribution in [0, 0.1) is 0 Å². The van der Waals surface area contributed by atoms with Crippen molar-refractivity contribution in [2.75, 3.05) is 4.90 Å². The van der Waals surface area contributed by atoms with Crippen LogP contribution in [0.1, 0.15) is 37.9 Å². The first kappa shape index (κ1) is 13.3. The van der Waals surface area contributed by atoms with E-state index in [1.807, 2.05) is 18.3 Å². The lowest BCUT2D eigenvalue weighted by molar-refractivity contribution is 0.541. The number of hydrogen-bond acceptors (Lipinski definition) is 4. The molecule has 0 amide bonds. The second-order valence-electron chi connectivity index (χ2n) is 6.08. The monoisotopic (exact) mass is 288 g/mol. The molecule has 0 saturated heterocycles. The van der Waals surface area contributed by atoms with Crippen LogP contribution in [0.25, 0.3) is 0 Å². The molecule has 2 aromatic heterocycles. The number of aromatic nitrogens is 3. The Morgan fingerprint density at radius 3 is 2.70 bits per heavy atom. The molecule has 5 heteroatoms. The highest BCUT2D eigenvalue weighted by Gasteiger charge is 2.26. The molecule has 2 aromatic rings. The Labute approximate surface area is 123 Å². The van der Waals surface area contributed by atoms with Crippen molar-refractivity contribution in [3.63, 3.8) is 0 Å². The van der Waals surface area contributed by atoms with Crippen molar-refractivity contribution in [2.24, 2.45) is 0 Å². The van der Waals surface area contributed by atoms with Crippen molar-refractivity contribution in [1.29, 1.82) is 0 Å². The van der Waals surface area contributed by atoms with E-state index in [1.165, 1.54) is 0 Å². The van der Waals surface area contributed by atoms with Gasteiger partial charge in [-0.25, -0.2) is 15.0 Å². The van der Waals surface area contributed by atoms with E-state index >= 15 is 0 Å². The normalized spacial score (nSPS) is 14.5. The first-order valence-corrected chi connectivity index (χ1v) is 7.03. The number of rotatable bonds is 1. The van der Waals surface area contributed by atoms with Crippen molar-refractivity contribution >= 4 is 17.4 Å². The summed E-state index contributed by atoms with van der Waals surface area (Å²) in [5.74, 6) is 1.69. The van der Waals surface area contributed by atoms with Crippen LogP contribution in [0.4, 0.5) is 5.82 Å². The van der Waals surface area contributed by atoms with E-state index in [4.69, 9.17) is 16.6 Å². The lowest BCUT2D eigenvalue weighted by Gasteiger charge is -2.17. The summed E-state index contributed by atoms with van der Waals surface area (Å²) in [7, 11) is 0. The number of pyridine rings is 1. The Balaban J connectivity index is 1.91. The van der Waals surface area contributed by atoms with Crippen LogP contribution in [-0.2, 0) is 18.5 Å². The van der Waals surface area contributed by atoms with Gasteiger partial charge in [-0.05, 0) is 12.1 Å². The lowest BCUT2D eigenvalue weighted by Crippen LogP contribution is -2.17. The molecule has 0 bridgehead atoms. The van der Waals surface area contributed by atoms with Crippen LogP contribution in [0.3, 0.4) is 0 Å². The first-order chi connectivity index (χ1) is 9.45. The summed E-state index contributed by atoms with van der Waals surface area (Å²) in [6.45, 7) is 7.86. The molecule has 104 valence electrons. The summed E-state index contributed by atoms with van der Waals surface area (Å²) in [5, 5.41) is 0.671. The van der Waals surface area contributed by atoms with E-state index in [1.54, 1.807) is 6.20 Å². The Hall–Kier alpha value is -1.68. The minimum Gasteiger partial charge on any atom is -0.345 e. The number of nitrogens with zero attached hydrogens (tertiary/aromatic N) is 4. The van der Waals surface area contributed by atoms with Gasteiger partial charge in [-0.1, -0.05) is 32.4 Å². The Morgan fingerprint density at radius 2 is 2.00 bits per heavy atom. The zero-order chi connectivity index (χ0) is 14.3. The maximum Gasteiger partial charge on any atom is 0.147 e. The van der Waals surface area contributed by atoms with Crippen molar-refractivity contribution in [3.05, 3.63) is 46.6 Å². The molecule has 4 nitrogen and oxygen atoms in total. The summed E-state index contributed by atoms with van der Waals surface area (Å²) >= 11 is 6.21. The third-order valence-corrected chi connectivity index (χ3v) is 3.66. The highest BCUT2D eigenvalue weighted by molar-refractivity contribution is 6.32. The molecule has 1 aliphatic rings. The topological polar surface area (TPSA) is 41.9 Å². The number of halogens is 1. The van der Waals surface area contributed by atoms with Gasteiger partial charge in [0.2, 0.25) is 0 Å². The average Bonchev–Trinajstić information content (AvgIpc) is 2.80. The highest BCUT2D eigenvalue weighted by atomic mass is 35.5. The summed E-state index contributed by atoms with van der Waals surface area (Å²) < 4.78 is 0. The fraction of sp³-hybridized carbons (Fsp3) is 0.400. The quantitative estimate of drug-likeness (QED) is 0.807. The van der Waals surface area contributed by atoms with Gasteiger partial charge in [0.15, 0.2) is 0 Å². The molecule has 0 aromatic carbocycles. The van der Waals surface area contributed by atoms with Crippen molar-refractivity contribution in [3.8, 4) is 0 Å². The van der Waals surface area contributed by atoms with Gasteiger partial charge in [0.05, 0.1) is 17.3 Å². The fourth-order valence-corrected chi connectivity index (χ4v) is 2.52. The second-order valence-corrected chi connectivity index (χ2v) is 6.49. The molecule has 3 rings (SSSR count). The molecule has 0 radical (unpaired) electrons. The molecule has 0 spiro atoms. The van der Waals surface area contributed by atoms with Gasteiger partial charge in [-0.15, -0.1) is 0 Å². The molecule has 0 unspecified atom stereocenters. The van der Waals surface area contributed by atoms with Crippen molar-refractivity contribution in [1.82, 2.24) is 15.0 Å². The van der Waals surface area contributed by atoms with Gasteiger partial charge >= 0.3 is 0 Å². The lowest BCUT2D eigenvalue weighted by atomic mass is 9.95. The summed E-state index contributed by atoms with van der Waals surface area (Å²) in [5.41, 5.74) is 2.19. The Kier molecular flexibility index (Phi) is 3.13. The third-order valence-electron chi connectivity index (χ3n) is 3.37. The van der Waals surface area contributed by atoms with E-state index in [0.717, 1.165) is 36.0 Å². The maximum absolute atomic E-state index is 6.21. The average molecular weight is 289 g/mol. The zero-order valence-corrected chi connectivity index (χ0v) is 12.6. The zero-order valence-electron chi connectivity index (χ0n) is 11.9. The molecule has 0 fully saturated rings. The van der Waals surface area contributed by atoms with Gasteiger partial charge < -0.3 is 4.90 Å². The molecule has 0 saturated carbocycles. The Bertz CT molecular complexity index is 649. The fourth-order valence-electron chi connectivity index (χ4n) is 2.27. The van der Waals surface area contributed by atoms with Crippen molar-refractivity contribution < 1.29 is 0 Å². The smallest absolute Gasteiger partial charge is 0.147 e. The Morgan fingerprint density at radius 1 is 1.20 bits per heavy atom. The SMILES string of the molecule is CC(C)(C)c1ncc2c(n1)CN(c1ncccc1Cl)C2. The molecule has 20 heavy (non-hydrogen) atoms. The van der Waals surface area contributed by atoms with Crippen LogP contribution in [0.5, 0.6) is 0 Å². The van der Waals surface area contributed by atoms with Gasteiger partial charge in [0.1, 0.15) is 11.6 Å². The largest absolute Gasteiger partial charge is 0.345 e. The van der Waals surface area contributed by atoms with Gasteiger partial charge in [0.25, 0.3) is 0 Å². The third kappa shape index (κ3) is 2.36. The molecule has 0 atom stereocenters. The summed E-state index contributed by atoms with van der Waals surface area (Å²) in [6, 6.07) is 3.70. The molecular weight excluding hydrogens is 272 g/mol. The second kappa shape index (κ2) is 4.70. The van der Waals surface area contributed by atoms with E-state index in [-0.39, 0.29) is 5.41 Å². The first-order valence-electron chi connectivity index (χ1n) is 6.66. The van der Waals surface area contributed by atoms with Gasteiger partial charge in [-0.3, -0.25) is 0 Å². The summed E-state index contributed by atoms with van der Waals surface area (Å²) in [4.78, 5) is 15.7. The van der Waals surface area contributed by atoms with Crippen molar-refractivity contribution in [2.45, 2.75) is 39.3 Å².